The summed E-state index contributed by atoms with van der Waals surface area (Å²) < 4.78 is 10.8. The minimum atomic E-state index is -0.0349. The lowest BCUT2D eigenvalue weighted by atomic mass is 10.1. The Bertz CT molecular complexity index is 630. The van der Waals surface area contributed by atoms with Gasteiger partial charge in [-0.3, -0.25) is 4.79 Å². The molecule has 1 amide bonds. The Morgan fingerprint density at radius 3 is 2.61 bits per heavy atom. The number of hydrogen-bond acceptors (Lipinski definition) is 5. The minimum absolute atomic E-state index is 0.0137. The topological polar surface area (TPSA) is 90.4 Å². The number of carbonyl (C=O) groups excluding carboxylic acids is 1. The Labute approximate surface area is 136 Å². The van der Waals surface area contributed by atoms with E-state index in [1.165, 1.54) is 0 Å². The normalized spacial score (nSPS) is 12.0. The van der Waals surface area contributed by atoms with E-state index in [4.69, 9.17) is 15.0 Å². The third-order valence-corrected chi connectivity index (χ3v) is 3.61. The zero-order valence-electron chi connectivity index (χ0n) is 13.8. The van der Waals surface area contributed by atoms with Gasteiger partial charge in [0.15, 0.2) is 0 Å². The summed E-state index contributed by atoms with van der Waals surface area (Å²) in [6.45, 7) is 6.47. The fourth-order valence-corrected chi connectivity index (χ4v) is 2.14. The Balaban J connectivity index is 1.88. The summed E-state index contributed by atoms with van der Waals surface area (Å²) in [5.41, 5.74) is 8.21. The number of nitrogens with one attached hydrogen (secondary N) is 1. The molecule has 124 valence electrons. The van der Waals surface area contributed by atoms with Gasteiger partial charge >= 0.3 is 0 Å². The number of nitrogens with two attached hydrogens (primary N) is 1. The van der Waals surface area contributed by atoms with Crippen molar-refractivity contribution in [2.75, 3.05) is 6.54 Å². The van der Waals surface area contributed by atoms with Crippen LogP contribution in [0.5, 0.6) is 5.75 Å². The first-order chi connectivity index (χ1) is 11.0. The number of carbonyl (C=O) groups is 1. The highest BCUT2D eigenvalue weighted by Crippen LogP contribution is 2.18. The molecule has 2 aromatic rings. The number of rotatable bonds is 7. The number of benzene rings is 1. The number of amides is 1. The highest BCUT2D eigenvalue weighted by atomic mass is 16.5. The Morgan fingerprint density at radius 1 is 1.35 bits per heavy atom. The second-order valence-electron chi connectivity index (χ2n) is 5.62. The van der Waals surface area contributed by atoms with Gasteiger partial charge in [-0.1, -0.05) is 17.3 Å². The quantitative estimate of drug-likeness (QED) is 0.813. The molecule has 0 fully saturated rings. The molecule has 0 aliphatic carbocycles. The molecule has 1 heterocycles. The summed E-state index contributed by atoms with van der Waals surface area (Å²) in [7, 11) is 0. The molecule has 0 aliphatic heterocycles. The Hall–Kier alpha value is -2.34. The predicted molar refractivity (Wildman–Crippen MR) is 87.1 cm³/mol. The Kier molecular flexibility index (Phi) is 5.76. The van der Waals surface area contributed by atoms with Crippen molar-refractivity contribution in [3.63, 3.8) is 0 Å². The van der Waals surface area contributed by atoms with E-state index in [0.29, 0.717) is 19.6 Å². The molecule has 2 rings (SSSR count). The third kappa shape index (κ3) is 4.82. The molecule has 0 saturated heterocycles. The van der Waals surface area contributed by atoms with E-state index in [1.807, 2.05) is 45.0 Å². The average Bonchev–Trinajstić information content (AvgIpc) is 2.85. The standard InChI is InChI=1S/C17H23N3O3/c1-11(9-18)19-17(21)8-14-4-6-15(7-5-14)22-10-16-12(2)20-23-13(16)3/h4-7,11H,8-10,18H2,1-3H3,(H,19,21)/t11-/m0/s1. The van der Waals surface area contributed by atoms with Crippen LogP contribution in [0.25, 0.3) is 0 Å². The van der Waals surface area contributed by atoms with Crippen molar-refractivity contribution < 1.29 is 14.1 Å². The van der Waals surface area contributed by atoms with Crippen molar-refractivity contribution in [1.29, 1.82) is 0 Å². The second-order valence-corrected chi connectivity index (χ2v) is 5.62. The summed E-state index contributed by atoms with van der Waals surface area (Å²) in [6.07, 6.45) is 0.328. The molecule has 1 aromatic carbocycles. The van der Waals surface area contributed by atoms with Crippen LogP contribution in [0.3, 0.4) is 0 Å². The van der Waals surface area contributed by atoms with Gasteiger partial charge in [-0.25, -0.2) is 0 Å². The van der Waals surface area contributed by atoms with E-state index >= 15 is 0 Å². The fraction of sp³-hybridized carbons (Fsp3) is 0.412. The van der Waals surface area contributed by atoms with E-state index in [0.717, 1.165) is 28.3 Å². The molecule has 0 bridgehead atoms. The lowest BCUT2D eigenvalue weighted by molar-refractivity contribution is -0.120. The zero-order chi connectivity index (χ0) is 16.8. The first-order valence-electron chi connectivity index (χ1n) is 7.62. The van der Waals surface area contributed by atoms with Crippen LogP contribution in [0, 0.1) is 13.8 Å². The number of aryl methyl sites for hydroxylation is 2. The SMILES string of the molecule is Cc1noc(C)c1COc1ccc(CC(=O)N[C@@H](C)CN)cc1. The lowest BCUT2D eigenvalue weighted by Gasteiger charge is -2.11. The van der Waals surface area contributed by atoms with Gasteiger partial charge in [0.25, 0.3) is 0 Å². The number of aromatic nitrogens is 1. The van der Waals surface area contributed by atoms with Gasteiger partial charge in [0, 0.05) is 12.6 Å². The first kappa shape index (κ1) is 17.0. The maximum atomic E-state index is 11.8. The largest absolute Gasteiger partial charge is 0.489 e. The molecular weight excluding hydrogens is 294 g/mol. The van der Waals surface area contributed by atoms with Gasteiger partial charge in [0.1, 0.15) is 18.1 Å². The van der Waals surface area contributed by atoms with Crippen molar-refractivity contribution >= 4 is 5.91 Å². The van der Waals surface area contributed by atoms with Crippen LogP contribution in [0.4, 0.5) is 0 Å². The second kappa shape index (κ2) is 7.78. The van der Waals surface area contributed by atoms with E-state index in [2.05, 4.69) is 10.5 Å². The van der Waals surface area contributed by atoms with Crippen LogP contribution in [-0.2, 0) is 17.8 Å². The molecule has 6 nitrogen and oxygen atoms in total. The van der Waals surface area contributed by atoms with Crippen LogP contribution in [0.15, 0.2) is 28.8 Å². The van der Waals surface area contributed by atoms with Crippen LogP contribution >= 0.6 is 0 Å². The monoisotopic (exact) mass is 317 g/mol. The van der Waals surface area contributed by atoms with Crippen LogP contribution in [0.2, 0.25) is 0 Å². The van der Waals surface area contributed by atoms with Crippen molar-refractivity contribution in [3.8, 4) is 5.75 Å². The number of nitrogens with zero attached hydrogens (tertiary/aromatic N) is 1. The zero-order valence-corrected chi connectivity index (χ0v) is 13.8. The summed E-state index contributed by atoms with van der Waals surface area (Å²) in [6, 6.07) is 7.46. The van der Waals surface area contributed by atoms with Crippen molar-refractivity contribution in [3.05, 3.63) is 46.8 Å². The van der Waals surface area contributed by atoms with Gasteiger partial charge < -0.3 is 20.3 Å². The molecule has 23 heavy (non-hydrogen) atoms. The molecule has 0 spiro atoms. The van der Waals surface area contributed by atoms with Gasteiger partial charge in [-0.2, -0.15) is 0 Å². The minimum Gasteiger partial charge on any atom is -0.489 e. The van der Waals surface area contributed by atoms with Crippen LogP contribution < -0.4 is 15.8 Å². The maximum absolute atomic E-state index is 11.8. The maximum Gasteiger partial charge on any atom is 0.224 e. The lowest BCUT2D eigenvalue weighted by Crippen LogP contribution is -2.38. The van der Waals surface area contributed by atoms with E-state index in [1.54, 1.807) is 0 Å². The predicted octanol–water partition coefficient (Wildman–Crippen LogP) is 1.88. The molecule has 0 unspecified atom stereocenters. The summed E-state index contributed by atoms with van der Waals surface area (Å²) in [5.74, 6) is 1.47. The third-order valence-electron chi connectivity index (χ3n) is 3.61. The summed E-state index contributed by atoms with van der Waals surface area (Å²) in [4.78, 5) is 11.8. The highest BCUT2D eigenvalue weighted by molar-refractivity contribution is 5.78. The molecule has 3 N–H and O–H groups in total. The first-order valence-corrected chi connectivity index (χ1v) is 7.62. The number of ether oxygens (including phenoxy) is 1. The summed E-state index contributed by atoms with van der Waals surface area (Å²) >= 11 is 0. The number of hydrogen-bond donors (Lipinski definition) is 2. The van der Waals surface area contributed by atoms with Gasteiger partial charge in [-0.05, 0) is 38.5 Å². The van der Waals surface area contributed by atoms with Gasteiger partial charge in [0.2, 0.25) is 5.91 Å². The van der Waals surface area contributed by atoms with Crippen LogP contribution in [0.1, 0.15) is 29.5 Å². The molecule has 0 aliphatic rings. The molecule has 1 aromatic heterocycles. The summed E-state index contributed by atoms with van der Waals surface area (Å²) in [5, 5.41) is 6.73. The van der Waals surface area contributed by atoms with E-state index in [9.17, 15) is 4.79 Å². The fourth-order valence-electron chi connectivity index (χ4n) is 2.14. The average molecular weight is 317 g/mol. The van der Waals surface area contributed by atoms with Crippen molar-refractivity contribution in [1.82, 2.24) is 10.5 Å². The van der Waals surface area contributed by atoms with Crippen molar-refractivity contribution in [2.24, 2.45) is 5.73 Å². The molecule has 0 radical (unpaired) electrons. The van der Waals surface area contributed by atoms with Crippen LogP contribution in [-0.4, -0.2) is 23.7 Å². The van der Waals surface area contributed by atoms with Crippen molar-refractivity contribution in [2.45, 2.75) is 39.8 Å². The van der Waals surface area contributed by atoms with E-state index in [-0.39, 0.29) is 11.9 Å². The molecule has 6 heteroatoms. The highest BCUT2D eigenvalue weighted by Gasteiger charge is 2.10. The smallest absolute Gasteiger partial charge is 0.224 e. The molecule has 1 atom stereocenters. The Morgan fingerprint density at radius 2 is 2.04 bits per heavy atom. The van der Waals surface area contributed by atoms with E-state index < -0.39 is 0 Å². The van der Waals surface area contributed by atoms with Gasteiger partial charge in [-0.15, -0.1) is 0 Å². The van der Waals surface area contributed by atoms with Gasteiger partial charge in [0.05, 0.1) is 17.7 Å². The molecule has 0 saturated carbocycles. The molecular formula is C17H23N3O3.